The van der Waals surface area contributed by atoms with E-state index in [9.17, 15) is 4.79 Å². The van der Waals surface area contributed by atoms with E-state index in [1.807, 2.05) is 38.1 Å². The average Bonchev–Trinajstić information content (AvgIpc) is 2.56. The summed E-state index contributed by atoms with van der Waals surface area (Å²) in [5, 5.41) is 3.02. The average molecular weight is 314 g/mol. The molecule has 1 amide bonds. The Balaban J connectivity index is 1.72. The fourth-order valence-corrected chi connectivity index (χ4v) is 2.82. The van der Waals surface area contributed by atoms with Gasteiger partial charge in [0.15, 0.2) is 0 Å². The third kappa shape index (κ3) is 5.30. The molecule has 1 fully saturated rings. The smallest absolute Gasteiger partial charge is 0.223 e. The van der Waals surface area contributed by atoms with Gasteiger partial charge in [-0.05, 0) is 51.4 Å². The molecule has 0 saturated carbocycles. The molecule has 0 unspecified atom stereocenters. The number of rotatable bonds is 6. The number of likely N-dealkylation sites (tertiary alicyclic amines) is 1. The Morgan fingerprint density at radius 2 is 2.13 bits per heavy atom. The predicted molar refractivity (Wildman–Crippen MR) is 92.3 cm³/mol. The van der Waals surface area contributed by atoms with Crippen molar-refractivity contribution in [3.63, 3.8) is 0 Å². The molecule has 1 aromatic rings. The van der Waals surface area contributed by atoms with Crippen molar-refractivity contribution in [2.45, 2.75) is 32.8 Å². The van der Waals surface area contributed by atoms with Crippen molar-refractivity contribution in [1.82, 2.24) is 10.2 Å². The fourth-order valence-electron chi connectivity index (χ4n) is 2.82. The number of nitrogens with zero attached hydrogens (tertiary/aromatic N) is 1. The second-order valence-corrected chi connectivity index (χ2v) is 6.19. The highest BCUT2D eigenvalue weighted by atomic mass is 16.5. The highest BCUT2D eigenvalue weighted by molar-refractivity contribution is 5.78. The topological polar surface area (TPSA) is 41.6 Å². The lowest BCUT2D eigenvalue weighted by molar-refractivity contribution is -0.126. The van der Waals surface area contributed by atoms with Crippen molar-refractivity contribution in [3.05, 3.63) is 29.8 Å². The summed E-state index contributed by atoms with van der Waals surface area (Å²) in [7, 11) is 0. The van der Waals surface area contributed by atoms with E-state index in [2.05, 4.69) is 16.1 Å². The molecule has 1 atom stereocenters. The summed E-state index contributed by atoms with van der Waals surface area (Å²) in [6.07, 6.45) is 7.02. The highest BCUT2D eigenvalue weighted by Crippen LogP contribution is 2.18. The van der Waals surface area contributed by atoms with Gasteiger partial charge in [0.1, 0.15) is 11.9 Å². The van der Waals surface area contributed by atoms with Gasteiger partial charge in [-0.15, -0.1) is 6.42 Å². The lowest BCUT2D eigenvalue weighted by Gasteiger charge is -2.30. The summed E-state index contributed by atoms with van der Waals surface area (Å²) in [6.45, 7) is 7.00. The lowest BCUT2D eigenvalue weighted by Crippen LogP contribution is -2.42. The number of carbonyl (C=O) groups excluding carboxylic acids is 1. The first-order chi connectivity index (χ1) is 11.1. The molecule has 1 aromatic carbocycles. The number of terminal acetylenes is 1. The van der Waals surface area contributed by atoms with Crippen molar-refractivity contribution < 1.29 is 9.53 Å². The van der Waals surface area contributed by atoms with E-state index in [-0.39, 0.29) is 17.9 Å². The first kappa shape index (κ1) is 17.4. The van der Waals surface area contributed by atoms with E-state index in [0.29, 0.717) is 13.1 Å². The minimum Gasteiger partial charge on any atom is -0.489 e. The molecule has 0 aliphatic carbocycles. The van der Waals surface area contributed by atoms with Crippen molar-refractivity contribution in [3.8, 4) is 18.1 Å². The zero-order valence-electron chi connectivity index (χ0n) is 14.0. The van der Waals surface area contributed by atoms with E-state index in [4.69, 9.17) is 11.2 Å². The molecule has 1 aliphatic rings. The van der Waals surface area contributed by atoms with Gasteiger partial charge in [0, 0.05) is 5.92 Å². The SMILES string of the molecule is C#CCN1CCC(C(=O)NC[C@@H](C)Oc2ccccc2C)CC1. The maximum Gasteiger partial charge on any atom is 0.223 e. The summed E-state index contributed by atoms with van der Waals surface area (Å²) in [5.74, 6) is 3.75. The Kier molecular flexibility index (Phi) is 6.49. The van der Waals surface area contributed by atoms with Gasteiger partial charge in [0.25, 0.3) is 0 Å². The summed E-state index contributed by atoms with van der Waals surface area (Å²) >= 11 is 0. The number of para-hydroxylation sites is 1. The summed E-state index contributed by atoms with van der Waals surface area (Å²) in [6, 6.07) is 7.91. The molecular formula is C19H26N2O2. The minimum atomic E-state index is -0.0541. The highest BCUT2D eigenvalue weighted by Gasteiger charge is 2.24. The van der Waals surface area contributed by atoms with Crippen LogP contribution in [0.1, 0.15) is 25.3 Å². The van der Waals surface area contributed by atoms with Crippen LogP contribution in [-0.4, -0.2) is 43.1 Å². The molecule has 2 rings (SSSR count). The third-order valence-electron chi connectivity index (χ3n) is 4.26. The number of carbonyl (C=O) groups is 1. The van der Waals surface area contributed by atoms with E-state index in [0.717, 1.165) is 37.2 Å². The summed E-state index contributed by atoms with van der Waals surface area (Å²) < 4.78 is 5.89. The van der Waals surface area contributed by atoms with Crippen molar-refractivity contribution in [1.29, 1.82) is 0 Å². The number of nitrogens with one attached hydrogen (secondary N) is 1. The Labute approximate surface area is 139 Å². The second-order valence-electron chi connectivity index (χ2n) is 6.19. The van der Waals surface area contributed by atoms with Gasteiger partial charge in [0.2, 0.25) is 5.91 Å². The van der Waals surface area contributed by atoms with Crippen LogP contribution in [0.3, 0.4) is 0 Å². The number of piperidine rings is 1. The minimum absolute atomic E-state index is 0.0541. The van der Waals surface area contributed by atoms with Gasteiger partial charge in [-0.25, -0.2) is 0 Å². The number of hydrogen-bond acceptors (Lipinski definition) is 3. The third-order valence-corrected chi connectivity index (χ3v) is 4.26. The monoisotopic (exact) mass is 314 g/mol. The van der Waals surface area contributed by atoms with Crippen LogP contribution in [0.15, 0.2) is 24.3 Å². The van der Waals surface area contributed by atoms with Crippen LogP contribution in [0.5, 0.6) is 5.75 Å². The Bertz CT molecular complexity index is 557. The number of aryl methyl sites for hydroxylation is 1. The Morgan fingerprint density at radius 3 is 2.78 bits per heavy atom. The van der Waals surface area contributed by atoms with E-state index in [1.54, 1.807) is 0 Å². The largest absolute Gasteiger partial charge is 0.489 e. The quantitative estimate of drug-likeness (QED) is 0.819. The van der Waals surface area contributed by atoms with Crippen LogP contribution in [0.25, 0.3) is 0 Å². The van der Waals surface area contributed by atoms with E-state index >= 15 is 0 Å². The number of hydrogen-bond donors (Lipinski definition) is 1. The summed E-state index contributed by atoms with van der Waals surface area (Å²) in [4.78, 5) is 14.5. The Hall–Kier alpha value is -1.99. The number of ether oxygens (including phenoxy) is 1. The molecule has 4 nitrogen and oxygen atoms in total. The molecule has 1 N–H and O–H groups in total. The van der Waals surface area contributed by atoms with Crippen LogP contribution >= 0.6 is 0 Å². The van der Waals surface area contributed by atoms with Gasteiger partial charge in [0.05, 0.1) is 13.1 Å². The first-order valence-corrected chi connectivity index (χ1v) is 8.26. The number of benzene rings is 1. The normalized spacial score (nSPS) is 17.3. The molecule has 0 aromatic heterocycles. The first-order valence-electron chi connectivity index (χ1n) is 8.26. The standard InChI is InChI=1S/C19H26N2O2/c1-4-11-21-12-9-17(10-13-21)19(22)20-14-16(3)23-18-8-6-5-7-15(18)2/h1,5-8,16-17H,9-14H2,2-3H3,(H,20,22)/t16-/m1/s1. The lowest BCUT2D eigenvalue weighted by atomic mass is 9.96. The van der Waals surface area contributed by atoms with E-state index < -0.39 is 0 Å². The fraction of sp³-hybridized carbons (Fsp3) is 0.526. The van der Waals surface area contributed by atoms with Crippen molar-refractivity contribution >= 4 is 5.91 Å². The zero-order chi connectivity index (χ0) is 16.7. The molecule has 0 radical (unpaired) electrons. The van der Waals surface area contributed by atoms with Gasteiger partial charge >= 0.3 is 0 Å². The van der Waals surface area contributed by atoms with Crippen LogP contribution in [0, 0.1) is 25.2 Å². The van der Waals surface area contributed by atoms with E-state index in [1.165, 1.54) is 0 Å². The van der Waals surface area contributed by atoms with Crippen LogP contribution in [0.2, 0.25) is 0 Å². The van der Waals surface area contributed by atoms with Gasteiger partial charge in [-0.1, -0.05) is 24.1 Å². The molecule has 1 heterocycles. The van der Waals surface area contributed by atoms with Crippen molar-refractivity contribution in [2.24, 2.45) is 5.92 Å². The van der Waals surface area contributed by atoms with Crippen LogP contribution in [-0.2, 0) is 4.79 Å². The molecule has 0 bridgehead atoms. The molecular weight excluding hydrogens is 288 g/mol. The predicted octanol–water partition coefficient (Wildman–Crippen LogP) is 2.22. The Morgan fingerprint density at radius 1 is 1.43 bits per heavy atom. The molecule has 4 heteroatoms. The van der Waals surface area contributed by atoms with Gasteiger partial charge in [-0.3, -0.25) is 9.69 Å². The van der Waals surface area contributed by atoms with Gasteiger partial charge < -0.3 is 10.1 Å². The van der Waals surface area contributed by atoms with Crippen molar-refractivity contribution in [2.75, 3.05) is 26.2 Å². The van der Waals surface area contributed by atoms with Crippen LogP contribution < -0.4 is 10.1 Å². The molecule has 1 aliphatic heterocycles. The molecule has 124 valence electrons. The zero-order valence-corrected chi connectivity index (χ0v) is 14.0. The van der Waals surface area contributed by atoms with Crippen LogP contribution in [0.4, 0.5) is 0 Å². The maximum absolute atomic E-state index is 12.3. The maximum atomic E-state index is 12.3. The second kappa shape index (κ2) is 8.59. The molecule has 0 spiro atoms. The number of amides is 1. The van der Waals surface area contributed by atoms with Gasteiger partial charge in [-0.2, -0.15) is 0 Å². The molecule has 23 heavy (non-hydrogen) atoms. The summed E-state index contributed by atoms with van der Waals surface area (Å²) in [5.41, 5.74) is 1.10. The molecule has 1 saturated heterocycles.